The molecule has 0 radical (unpaired) electrons. The van der Waals surface area contributed by atoms with Gasteiger partial charge in [0, 0.05) is 11.7 Å². The van der Waals surface area contributed by atoms with Crippen LogP contribution in [0.4, 0.5) is 18.9 Å². The molecule has 4 rings (SSSR count). The Morgan fingerprint density at radius 2 is 1.93 bits per heavy atom. The molecular weight excluding hydrogens is 419 g/mol. The molecule has 3 fully saturated rings. The van der Waals surface area contributed by atoms with E-state index in [1.807, 2.05) is 0 Å². The van der Waals surface area contributed by atoms with Gasteiger partial charge in [-0.3, -0.25) is 4.79 Å². The molecule has 2 saturated carbocycles. The molecule has 0 aromatic heterocycles. The van der Waals surface area contributed by atoms with E-state index in [0.29, 0.717) is 0 Å². The van der Waals surface area contributed by atoms with Crippen LogP contribution in [-0.4, -0.2) is 51.6 Å². The molecular formula is C20H24F3N3O3S. The number of thiocarbonyl (C=S) groups is 1. The lowest BCUT2D eigenvalue weighted by Crippen LogP contribution is -2.61. The first-order valence-corrected chi connectivity index (χ1v) is 10.5. The minimum Gasteiger partial charge on any atom is -0.390 e. The van der Waals surface area contributed by atoms with Gasteiger partial charge in [-0.2, -0.15) is 13.2 Å². The smallest absolute Gasteiger partial charge is 0.390 e. The standard InChI is InChI=1S/C20H24F3N3O3S/c21-20(22,23)10-4-3-7-12(8-10)26-16-13(18(29)24-11-5-1-2-6-11)9-14(27)17(28)15(16)25-19(26)30/h3-4,7-8,11,13-17,27-28H,1-2,5-6,9H2,(H,24,29)(H,25,30). The maximum atomic E-state index is 13.2. The second-order valence-electron chi connectivity index (χ2n) is 8.27. The van der Waals surface area contributed by atoms with Crippen molar-refractivity contribution in [3.05, 3.63) is 29.8 Å². The summed E-state index contributed by atoms with van der Waals surface area (Å²) in [5.74, 6) is -1.01. The summed E-state index contributed by atoms with van der Waals surface area (Å²) in [6.07, 6.45) is -3.03. The topological polar surface area (TPSA) is 84.8 Å². The third-order valence-corrected chi connectivity index (χ3v) is 6.65. The Morgan fingerprint density at radius 1 is 1.23 bits per heavy atom. The predicted molar refractivity (Wildman–Crippen MR) is 108 cm³/mol. The number of hydrogen-bond acceptors (Lipinski definition) is 4. The second-order valence-corrected chi connectivity index (χ2v) is 8.66. The van der Waals surface area contributed by atoms with E-state index in [9.17, 15) is 28.2 Å². The van der Waals surface area contributed by atoms with Crippen LogP contribution in [0.3, 0.4) is 0 Å². The van der Waals surface area contributed by atoms with Crippen LogP contribution >= 0.6 is 12.2 Å². The fraction of sp³-hybridized carbons (Fsp3) is 0.600. The van der Waals surface area contributed by atoms with Crippen molar-refractivity contribution in [2.75, 3.05) is 4.90 Å². The first-order chi connectivity index (χ1) is 14.2. The first-order valence-electron chi connectivity index (χ1n) is 10.1. The van der Waals surface area contributed by atoms with Crippen molar-refractivity contribution in [3.8, 4) is 0 Å². The summed E-state index contributed by atoms with van der Waals surface area (Å²) < 4.78 is 39.7. The number of benzene rings is 1. The number of aliphatic hydroxyl groups is 2. The molecule has 1 heterocycles. The van der Waals surface area contributed by atoms with E-state index in [4.69, 9.17) is 12.2 Å². The molecule has 164 valence electrons. The summed E-state index contributed by atoms with van der Waals surface area (Å²) in [6, 6.07) is 3.32. The third-order valence-electron chi connectivity index (χ3n) is 6.33. The van der Waals surface area contributed by atoms with E-state index in [2.05, 4.69) is 10.6 Å². The summed E-state index contributed by atoms with van der Waals surface area (Å²) in [7, 11) is 0. The van der Waals surface area contributed by atoms with E-state index in [1.54, 1.807) is 0 Å². The molecule has 1 amide bonds. The molecule has 3 aliphatic rings. The van der Waals surface area contributed by atoms with Crippen LogP contribution < -0.4 is 15.5 Å². The fourth-order valence-electron chi connectivity index (χ4n) is 4.85. The summed E-state index contributed by atoms with van der Waals surface area (Å²) in [5.41, 5.74) is -0.633. The van der Waals surface area contributed by atoms with Gasteiger partial charge < -0.3 is 25.7 Å². The zero-order valence-corrected chi connectivity index (χ0v) is 16.9. The number of anilines is 1. The zero-order chi connectivity index (χ0) is 21.6. The number of nitrogens with one attached hydrogen (secondary N) is 2. The molecule has 6 nitrogen and oxygen atoms in total. The van der Waals surface area contributed by atoms with Crippen molar-refractivity contribution in [1.29, 1.82) is 0 Å². The second kappa shape index (κ2) is 7.97. The van der Waals surface area contributed by atoms with Crippen LogP contribution in [-0.2, 0) is 11.0 Å². The minimum atomic E-state index is -4.52. The Bertz CT molecular complexity index is 831. The SMILES string of the molecule is O=C(NC1CCCC1)C1CC(O)C(O)C2NC(=S)N(c3cccc(C(F)(F)F)c3)C12. The van der Waals surface area contributed by atoms with Gasteiger partial charge in [0.25, 0.3) is 0 Å². The Balaban J connectivity index is 1.67. The lowest BCUT2D eigenvalue weighted by molar-refractivity contribution is -0.137. The van der Waals surface area contributed by atoms with E-state index < -0.39 is 41.9 Å². The summed E-state index contributed by atoms with van der Waals surface area (Å²) >= 11 is 5.36. The lowest BCUT2D eigenvalue weighted by Gasteiger charge is -2.41. The van der Waals surface area contributed by atoms with Crippen LogP contribution in [0, 0.1) is 5.92 Å². The summed E-state index contributed by atoms with van der Waals surface area (Å²) in [4.78, 5) is 14.6. The molecule has 10 heteroatoms. The number of fused-ring (bicyclic) bond motifs is 1. The van der Waals surface area contributed by atoms with Crippen LogP contribution in [0.25, 0.3) is 0 Å². The number of halogens is 3. The number of nitrogens with zero attached hydrogens (tertiary/aromatic N) is 1. The predicted octanol–water partition coefficient (Wildman–Crippen LogP) is 1.94. The molecule has 1 aromatic rings. The van der Waals surface area contributed by atoms with E-state index in [1.165, 1.54) is 17.0 Å². The number of alkyl halides is 3. The van der Waals surface area contributed by atoms with Crippen molar-refractivity contribution in [2.45, 2.75) is 68.6 Å². The summed E-state index contributed by atoms with van der Waals surface area (Å²) in [6.45, 7) is 0. The molecule has 5 unspecified atom stereocenters. The maximum Gasteiger partial charge on any atom is 0.416 e. The largest absolute Gasteiger partial charge is 0.416 e. The molecule has 1 aromatic carbocycles. The molecule has 30 heavy (non-hydrogen) atoms. The van der Waals surface area contributed by atoms with E-state index in [-0.39, 0.29) is 29.2 Å². The minimum absolute atomic E-state index is 0.000636. The van der Waals surface area contributed by atoms with Crippen LogP contribution in [0.15, 0.2) is 24.3 Å². The Morgan fingerprint density at radius 3 is 2.60 bits per heavy atom. The maximum absolute atomic E-state index is 13.2. The van der Waals surface area contributed by atoms with Gasteiger partial charge in [-0.15, -0.1) is 0 Å². The number of amides is 1. The normalized spacial score (nSPS) is 32.1. The average molecular weight is 443 g/mol. The van der Waals surface area contributed by atoms with E-state index >= 15 is 0 Å². The number of hydrogen-bond donors (Lipinski definition) is 4. The monoisotopic (exact) mass is 443 g/mol. The Hall–Kier alpha value is -1.91. The Kier molecular flexibility index (Phi) is 5.67. The summed E-state index contributed by atoms with van der Waals surface area (Å²) in [5, 5.41) is 26.8. The molecule has 5 atom stereocenters. The van der Waals surface area contributed by atoms with Crippen LogP contribution in [0.5, 0.6) is 0 Å². The number of carbonyl (C=O) groups is 1. The first kappa shape index (κ1) is 21.3. The molecule has 0 spiro atoms. The van der Waals surface area contributed by atoms with Crippen LogP contribution in [0.1, 0.15) is 37.7 Å². The highest BCUT2D eigenvalue weighted by Gasteiger charge is 2.54. The van der Waals surface area contributed by atoms with Gasteiger partial charge in [-0.05, 0) is 49.7 Å². The van der Waals surface area contributed by atoms with Crippen molar-refractivity contribution >= 4 is 28.9 Å². The number of carbonyl (C=O) groups excluding carboxylic acids is 1. The van der Waals surface area contributed by atoms with Crippen molar-refractivity contribution in [2.24, 2.45) is 5.92 Å². The molecule has 4 N–H and O–H groups in total. The van der Waals surface area contributed by atoms with Crippen LogP contribution in [0.2, 0.25) is 0 Å². The van der Waals surface area contributed by atoms with Gasteiger partial charge in [0.15, 0.2) is 5.11 Å². The van der Waals surface area contributed by atoms with Crippen molar-refractivity contribution < 1.29 is 28.2 Å². The third kappa shape index (κ3) is 3.88. The van der Waals surface area contributed by atoms with Gasteiger partial charge in [-0.25, -0.2) is 0 Å². The quantitative estimate of drug-likeness (QED) is 0.535. The van der Waals surface area contributed by atoms with Gasteiger partial charge in [0.1, 0.15) is 6.10 Å². The Labute approximate surface area is 177 Å². The lowest BCUT2D eigenvalue weighted by atomic mass is 9.77. The van der Waals surface area contributed by atoms with Crippen molar-refractivity contribution in [3.63, 3.8) is 0 Å². The van der Waals surface area contributed by atoms with Crippen molar-refractivity contribution in [1.82, 2.24) is 10.6 Å². The van der Waals surface area contributed by atoms with Gasteiger partial charge in [-0.1, -0.05) is 18.9 Å². The van der Waals surface area contributed by atoms with Gasteiger partial charge in [0.05, 0.1) is 29.7 Å². The highest BCUT2D eigenvalue weighted by atomic mass is 32.1. The number of aliphatic hydroxyl groups excluding tert-OH is 2. The van der Waals surface area contributed by atoms with Gasteiger partial charge >= 0.3 is 6.18 Å². The molecule has 1 aliphatic heterocycles. The molecule has 1 saturated heterocycles. The van der Waals surface area contributed by atoms with E-state index in [0.717, 1.165) is 37.8 Å². The molecule has 0 bridgehead atoms. The fourth-order valence-corrected chi connectivity index (χ4v) is 5.21. The zero-order valence-electron chi connectivity index (χ0n) is 16.1. The van der Waals surface area contributed by atoms with Gasteiger partial charge in [0.2, 0.25) is 5.91 Å². The highest BCUT2D eigenvalue weighted by Crippen LogP contribution is 2.39. The number of rotatable bonds is 3. The molecule has 2 aliphatic carbocycles. The average Bonchev–Trinajstić information content (AvgIpc) is 3.31. The highest BCUT2D eigenvalue weighted by molar-refractivity contribution is 7.80.